The molecule has 1 aromatic heterocycles. The molecule has 0 spiro atoms. The first-order valence-corrected chi connectivity index (χ1v) is 10.4. The molecule has 1 amide bonds. The summed E-state index contributed by atoms with van der Waals surface area (Å²) in [5.74, 6) is 0.873. The molecule has 4 rings (SSSR count). The number of rotatable bonds is 6. The van der Waals surface area contributed by atoms with Gasteiger partial charge in [0, 0.05) is 30.9 Å². The summed E-state index contributed by atoms with van der Waals surface area (Å²) >= 11 is 0. The fraction of sp³-hybridized carbons (Fsp3) is 0.333. The third kappa shape index (κ3) is 4.09. The van der Waals surface area contributed by atoms with Crippen LogP contribution in [-0.4, -0.2) is 46.8 Å². The van der Waals surface area contributed by atoms with Crippen molar-refractivity contribution < 1.29 is 9.53 Å². The molecule has 1 N–H and O–H groups in total. The minimum Gasteiger partial charge on any atom is -0.492 e. The second-order valence-electron chi connectivity index (χ2n) is 7.72. The van der Waals surface area contributed by atoms with Gasteiger partial charge in [0.2, 0.25) is 5.91 Å². The lowest BCUT2D eigenvalue weighted by Crippen LogP contribution is -2.51. The second kappa shape index (κ2) is 8.71. The first-order valence-electron chi connectivity index (χ1n) is 10.4. The number of para-hydroxylation sites is 1. The summed E-state index contributed by atoms with van der Waals surface area (Å²) in [6.07, 6.45) is 0. The van der Waals surface area contributed by atoms with Gasteiger partial charge in [-0.05, 0) is 45.0 Å². The minimum atomic E-state index is -0.363. The zero-order valence-electron chi connectivity index (χ0n) is 17.8. The summed E-state index contributed by atoms with van der Waals surface area (Å²) in [5, 5.41) is 7.76. The number of aryl methyl sites for hydroxylation is 2. The Bertz CT molecular complexity index is 1010. The van der Waals surface area contributed by atoms with Crippen molar-refractivity contribution in [2.45, 2.75) is 26.8 Å². The van der Waals surface area contributed by atoms with Crippen LogP contribution in [0.25, 0.3) is 5.69 Å². The molecule has 1 atom stereocenters. The molecule has 156 valence electrons. The van der Waals surface area contributed by atoms with Gasteiger partial charge < -0.3 is 10.1 Å². The van der Waals surface area contributed by atoms with E-state index in [9.17, 15) is 4.79 Å². The molecule has 1 aliphatic rings. The van der Waals surface area contributed by atoms with Gasteiger partial charge in [0.05, 0.1) is 11.4 Å². The van der Waals surface area contributed by atoms with Crippen molar-refractivity contribution in [1.82, 2.24) is 20.0 Å². The number of piperazine rings is 1. The van der Waals surface area contributed by atoms with E-state index in [2.05, 4.69) is 17.1 Å². The number of amides is 1. The van der Waals surface area contributed by atoms with E-state index < -0.39 is 0 Å². The fourth-order valence-corrected chi connectivity index (χ4v) is 4.06. The molecule has 0 bridgehead atoms. The summed E-state index contributed by atoms with van der Waals surface area (Å²) in [7, 11) is 0. The number of nitrogens with zero attached hydrogens (tertiary/aromatic N) is 3. The predicted molar refractivity (Wildman–Crippen MR) is 117 cm³/mol. The predicted octanol–water partition coefficient (Wildman–Crippen LogP) is 3.35. The van der Waals surface area contributed by atoms with E-state index in [0.29, 0.717) is 19.7 Å². The van der Waals surface area contributed by atoms with Crippen molar-refractivity contribution in [3.8, 4) is 11.4 Å². The molecular weight excluding hydrogens is 376 g/mol. The average Bonchev–Trinajstić information content (AvgIpc) is 3.04. The average molecular weight is 405 g/mol. The van der Waals surface area contributed by atoms with E-state index in [1.54, 1.807) is 0 Å². The van der Waals surface area contributed by atoms with Crippen molar-refractivity contribution in [3.05, 3.63) is 77.1 Å². The normalized spacial score (nSPS) is 17.0. The summed E-state index contributed by atoms with van der Waals surface area (Å²) in [6, 6.07) is 17.7. The third-order valence-corrected chi connectivity index (χ3v) is 5.60. The van der Waals surface area contributed by atoms with Crippen LogP contribution in [0.4, 0.5) is 0 Å². The first-order chi connectivity index (χ1) is 14.5. The molecule has 1 aliphatic heterocycles. The summed E-state index contributed by atoms with van der Waals surface area (Å²) in [4.78, 5) is 15.1. The van der Waals surface area contributed by atoms with Gasteiger partial charge in [-0.2, -0.15) is 5.10 Å². The Kier molecular flexibility index (Phi) is 5.86. The maximum absolute atomic E-state index is 12.9. The molecule has 0 unspecified atom stereocenters. The lowest BCUT2D eigenvalue weighted by atomic mass is 10.0. The topological polar surface area (TPSA) is 59.4 Å². The molecule has 1 fully saturated rings. The summed E-state index contributed by atoms with van der Waals surface area (Å²) in [5.41, 5.74) is 5.05. The number of carbonyl (C=O) groups is 1. The standard InChI is InChI=1S/C24H28N4O2/c1-17-9-11-21(12-10-17)30-16-15-27-14-13-25-24(29)23(27)22-18(2)26-28(19(22)3)20-7-5-4-6-8-20/h4-12,23H,13-16H2,1-3H3,(H,25,29)/t23-/m0/s1. The summed E-state index contributed by atoms with van der Waals surface area (Å²) < 4.78 is 7.85. The van der Waals surface area contributed by atoms with E-state index in [1.807, 2.05) is 73.1 Å². The van der Waals surface area contributed by atoms with Crippen LogP contribution in [0.1, 0.15) is 28.6 Å². The highest BCUT2D eigenvalue weighted by Gasteiger charge is 2.35. The highest BCUT2D eigenvalue weighted by atomic mass is 16.5. The quantitative estimate of drug-likeness (QED) is 0.685. The molecule has 0 saturated carbocycles. The highest BCUT2D eigenvalue weighted by molar-refractivity contribution is 5.84. The molecule has 30 heavy (non-hydrogen) atoms. The molecule has 2 aromatic carbocycles. The van der Waals surface area contributed by atoms with Crippen LogP contribution in [0.2, 0.25) is 0 Å². The highest BCUT2D eigenvalue weighted by Crippen LogP contribution is 2.30. The Morgan fingerprint density at radius 1 is 1.07 bits per heavy atom. The lowest BCUT2D eigenvalue weighted by molar-refractivity contribution is -0.129. The Balaban J connectivity index is 1.55. The molecule has 0 radical (unpaired) electrons. The monoisotopic (exact) mass is 404 g/mol. The van der Waals surface area contributed by atoms with Gasteiger partial charge in [-0.1, -0.05) is 35.9 Å². The van der Waals surface area contributed by atoms with Crippen molar-refractivity contribution in [2.24, 2.45) is 0 Å². The first kappa shape index (κ1) is 20.2. The van der Waals surface area contributed by atoms with E-state index in [1.165, 1.54) is 5.56 Å². The number of nitrogens with one attached hydrogen (secondary N) is 1. The zero-order chi connectivity index (χ0) is 21.1. The Labute approximate surface area is 177 Å². The van der Waals surface area contributed by atoms with Crippen LogP contribution < -0.4 is 10.1 Å². The number of benzene rings is 2. The van der Waals surface area contributed by atoms with Gasteiger partial charge >= 0.3 is 0 Å². The number of hydrogen-bond acceptors (Lipinski definition) is 4. The lowest BCUT2D eigenvalue weighted by Gasteiger charge is -2.35. The van der Waals surface area contributed by atoms with Crippen molar-refractivity contribution in [2.75, 3.05) is 26.2 Å². The number of hydrogen-bond donors (Lipinski definition) is 1. The van der Waals surface area contributed by atoms with Gasteiger partial charge in [-0.15, -0.1) is 0 Å². The smallest absolute Gasteiger partial charge is 0.242 e. The second-order valence-corrected chi connectivity index (χ2v) is 7.72. The number of aromatic nitrogens is 2. The van der Waals surface area contributed by atoms with Crippen LogP contribution >= 0.6 is 0 Å². The van der Waals surface area contributed by atoms with Crippen LogP contribution in [0.15, 0.2) is 54.6 Å². The Morgan fingerprint density at radius 3 is 2.53 bits per heavy atom. The van der Waals surface area contributed by atoms with Crippen molar-refractivity contribution in [3.63, 3.8) is 0 Å². The largest absolute Gasteiger partial charge is 0.492 e. The Hall–Kier alpha value is -3.12. The van der Waals surface area contributed by atoms with E-state index in [4.69, 9.17) is 9.84 Å². The van der Waals surface area contributed by atoms with E-state index in [-0.39, 0.29) is 11.9 Å². The van der Waals surface area contributed by atoms with Crippen molar-refractivity contribution >= 4 is 5.91 Å². The van der Waals surface area contributed by atoms with Gasteiger partial charge in [-0.3, -0.25) is 9.69 Å². The van der Waals surface area contributed by atoms with Crippen LogP contribution in [-0.2, 0) is 4.79 Å². The van der Waals surface area contributed by atoms with Crippen LogP contribution in [0.5, 0.6) is 5.75 Å². The number of ether oxygens (including phenoxy) is 1. The van der Waals surface area contributed by atoms with Gasteiger partial charge in [0.25, 0.3) is 0 Å². The maximum atomic E-state index is 12.9. The minimum absolute atomic E-state index is 0.0235. The van der Waals surface area contributed by atoms with Gasteiger partial charge in [-0.25, -0.2) is 4.68 Å². The molecule has 6 heteroatoms. The molecule has 0 aliphatic carbocycles. The molecular formula is C24H28N4O2. The van der Waals surface area contributed by atoms with Gasteiger partial charge in [0.1, 0.15) is 18.4 Å². The maximum Gasteiger partial charge on any atom is 0.242 e. The third-order valence-electron chi connectivity index (χ3n) is 5.60. The fourth-order valence-electron chi connectivity index (χ4n) is 4.06. The van der Waals surface area contributed by atoms with Gasteiger partial charge in [0.15, 0.2) is 0 Å². The molecule has 3 aromatic rings. The van der Waals surface area contributed by atoms with Crippen LogP contribution in [0.3, 0.4) is 0 Å². The SMILES string of the molecule is Cc1ccc(OCCN2CCNC(=O)[C@@H]2c2c(C)nn(-c3ccccc3)c2C)cc1. The zero-order valence-corrected chi connectivity index (χ0v) is 17.8. The van der Waals surface area contributed by atoms with Crippen molar-refractivity contribution in [1.29, 1.82) is 0 Å². The van der Waals surface area contributed by atoms with E-state index in [0.717, 1.165) is 34.9 Å². The molecule has 2 heterocycles. The Morgan fingerprint density at radius 2 is 1.80 bits per heavy atom. The number of carbonyl (C=O) groups excluding carboxylic acids is 1. The summed E-state index contributed by atoms with van der Waals surface area (Å²) in [6.45, 7) is 8.68. The molecule has 1 saturated heterocycles. The van der Waals surface area contributed by atoms with Crippen LogP contribution in [0, 0.1) is 20.8 Å². The molecule has 6 nitrogen and oxygen atoms in total. The van der Waals surface area contributed by atoms with E-state index >= 15 is 0 Å².